The number of carbonyl (C=O) groups is 1. The molecule has 1 atom stereocenters. The van der Waals surface area contributed by atoms with Crippen molar-refractivity contribution >= 4 is 5.91 Å². The van der Waals surface area contributed by atoms with Crippen LogP contribution < -0.4 is 10.1 Å². The first-order valence-corrected chi connectivity index (χ1v) is 8.38. The predicted molar refractivity (Wildman–Crippen MR) is 85.3 cm³/mol. The number of hydrogen-bond acceptors (Lipinski definition) is 3. The largest absolute Gasteiger partial charge is 0.494 e. The molecule has 1 aromatic rings. The van der Waals surface area contributed by atoms with Gasteiger partial charge in [0.2, 0.25) is 0 Å². The molecule has 4 heteroatoms. The van der Waals surface area contributed by atoms with Crippen LogP contribution in [0.25, 0.3) is 0 Å². The molecule has 1 heterocycles. The van der Waals surface area contributed by atoms with Gasteiger partial charge in [0.1, 0.15) is 5.75 Å². The fourth-order valence-corrected chi connectivity index (χ4v) is 3.62. The normalized spacial score (nSPS) is 23.4. The van der Waals surface area contributed by atoms with Gasteiger partial charge in [-0.15, -0.1) is 0 Å². The van der Waals surface area contributed by atoms with Crippen molar-refractivity contribution < 1.29 is 14.3 Å². The first kappa shape index (κ1) is 15.3. The van der Waals surface area contributed by atoms with E-state index in [0.717, 1.165) is 25.0 Å². The molecule has 1 saturated carbocycles. The van der Waals surface area contributed by atoms with Crippen LogP contribution in [0.5, 0.6) is 5.75 Å². The van der Waals surface area contributed by atoms with Crippen LogP contribution >= 0.6 is 0 Å². The molecule has 1 spiro atoms. The first-order chi connectivity index (χ1) is 10.7. The van der Waals surface area contributed by atoms with Crippen molar-refractivity contribution in [1.29, 1.82) is 0 Å². The highest BCUT2D eigenvalue weighted by atomic mass is 16.5. The number of benzene rings is 1. The van der Waals surface area contributed by atoms with E-state index in [-0.39, 0.29) is 17.6 Å². The van der Waals surface area contributed by atoms with Crippen molar-refractivity contribution in [3.05, 3.63) is 29.8 Å². The van der Waals surface area contributed by atoms with Gasteiger partial charge in [-0.1, -0.05) is 19.3 Å². The zero-order chi connectivity index (χ0) is 15.4. The average molecular weight is 303 g/mol. The van der Waals surface area contributed by atoms with Crippen LogP contribution in [0, 0.1) is 0 Å². The Balaban J connectivity index is 1.55. The van der Waals surface area contributed by atoms with Gasteiger partial charge < -0.3 is 14.8 Å². The van der Waals surface area contributed by atoms with Gasteiger partial charge >= 0.3 is 0 Å². The van der Waals surface area contributed by atoms with Crippen LogP contribution in [-0.4, -0.2) is 30.8 Å². The molecule has 120 valence electrons. The Morgan fingerprint density at radius 2 is 2.00 bits per heavy atom. The summed E-state index contributed by atoms with van der Waals surface area (Å²) in [7, 11) is 0. The fourth-order valence-electron chi connectivity index (χ4n) is 3.62. The lowest BCUT2D eigenvalue weighted by Crippen LogP contribution is -2.37. The van der Waals surface area contributed by atoms with Crippen molar-refractivity contribution in [2.75, 3.05) is 13.2 Å². The van der Waals surface area contributed by atoms with E-state index in [1.54, 1.807) is 0 Å². The molecular formula is C18H25NO3. The maximum Gasteiger partial charge on any atom is 0.251 e. The Bertz CT molecular complexity index is 506. The number of rotatable bonds is 4. The van der Waals surface area contributed by atoms with Crippen LogP contribution in [0.1, 0.15) is 55.8 Å². The lowest BCUT2D eigenvalue weighted by molar-refractivity contribution is -0.0246. The highest BCUT2D eigenvalue weighted by molar-refractivity contribution is 5.94. The zero-order valence-electron chi connectivity index (χ0n) is 13.3. The third-order valence-corrected chi connectivity index (χ3v) is 4.74. The molecule has 0 bridgehead atoms. The third-order valence-electron chi connectivity index (χ3n) is 4.74. The second-order valence-electron chi connectivity index (χ2n) is 6.39. The summed E-state index contributed by atoms with van der Waals surface area (Å²) in [6.45, 7) is 3.22. The summed E-state index contributed by atoms with van der Waals surface area (Å²) in [6.07, 6.45) is 7.05. The van der Waals surface area contributed by atoms with Crippen LogP contribution in [0.3, 0.4) is 0 Å². The molecule has 0 radical (unpaired) electrons. The topological polar surface area (TPSA) is 47.6 Å². The van der Waals surface area contributed by atoms with E-state index in [9.17, 15) is 4.79 Å². The minimum Gasteiger partial charge on any atom is -0.494 e. The second kappa shape index (κ2) is 6.69. The third kappa shape index (κ3) is 3.43. The minimum absolute atomic E-state index is 0.0236. The van der Waals surface area contributed by atoms with Gasteiger partial charge in [0.25, 0.3) is 5.91 Å². The molecular weight excluding hydrogens is 278 g/mol. The summed E-state index contributed by atoms with van der Waals surface area (Å²) in [6, 6.07) is 7.44. The molecule has 22 heavy (non-hydrogen) atoms. The molecule has 1 aliphatic carbocycles. The van der Waals surface area contributed by atoms with E-state index in [0.29, 0.717) is 18.8 Å². The van der Waals surface area contributed by atoms with E-state index in [2.05, 4.69) is 5.32 Å². The Morgan fingerprint density at radius 3 is 2.68 bits per heavy atom. The van der Waals surface area contributed by atoms with Crippen LogP contribution in [0.15, 0.2) is 24.3 Å². The number of ether oxygens (including phenoxy) is 2. The van der Waals surface area contributed by atoms with Crippen molar-refractivity contribution in [3.63, 3.8) is 0 Å². The van der Waals surface area contributed by atoms with Gasteiger partial charge in [-0.05, 0) is 50.5 Å². The predicted octanol–water partition coefficient (Wildman–Crippen LogP) is 3.31. The Kier molecular flexibility index (Phi) is 4.67. The summed E-state index contributed by atoms with van der Waals surface area (Å²) in [5, 5.41) is 3.11. The Morgan fingerprint density at radius 1 is 1.27 bits per heavy atom. The van der Waals surface area contributed by atoms with Crippen LogP contribution in [0.2, 0.25) is 0 Å². The fraction of sp³-hybridized carbons (Fsp3) is 0.611. The summed E-state index contributed by atoms with van der Waals surface area (Å²) < 4.78 is 11.4. The van der Waals surface area contributed by atoms with Gasteiger partial charge in [0, 0.05) is 5.56 Å². The number of amides is 1. The lowest BCUT2D eigenvalue weighted by Gasteiger charge is -2.32. The van der Waals surface area contributed by atoms with Crippen molar-refractivity contribution in [2.45, 2.75) is 57.1 Å². The van der Waals surface area contributed by atoms with E-state index >= 15 is 0 Å². The zero-order valence-corrected chi connectivity index (χ0v) is 13.3. The van der Waals surface area contributed by atoms with Crippen molar-refractivity contribution in [3.8, 4) is 5.75 Å². The lowest BCUT2D eigenvalue weighted by atomic mass is 9.82. The quantitative estimate of drug-likeness (QED) is 0.928. The molecule has 0 aromatic heterocycles. The molecule has 1 aliphatic heterocycles. The molecule has 2 aliphatic rings. The van der Waals surface area contributed by atoms with E-state index in [1.807, 2.05) is 31.2 Å². The van der Waals surface area contributed by atoms with Crippen LogP contribution in [-0.2, 0) is 4.74 Å². The summed E-state index contributed by atoms with van der Waals surface area (Å²) in [5.41, 5.74) is 0.711. The monoisotopic (exact) mass is 303 g/mol. The number of hydrogen-bond donors (Lipinski definition) is 1. The standard InChI is InChI=1S/C18H25NO3/c1-2-21-16-8-6-14(7-9-16)17(20)19-15-12-18(22-13-15)10-4-3-5-11-18/h6-9,15H,2-5,10-13H2,1H3,(H,19,20)/t15-/m1/s1. The van der Waals surface area contributed by atoms with Gasteiger partial charge in [0.15, 0.2) is 0 Å². The van der Waals surface area contributed by atoms with Crippen LogP contribution in [0.4, 0.5) is 0 Å². The smallest absolute Gasteiger partial charge is 0.251 e. The molecule has 1 saturated heterocycles. The molecule has 3 rings (SSSR count). The Labute approximate surface area is 132 Å². The molecule has 1 N–H and O–H groups in total. The van der Waals surface area contributed by atoms with Crippen molar-refractivity contribution in [1.82, 2.24) is 5.32 Å². The summed E-state index contributed by atoms with van der Waals surface area (Å²) >= 11 is 0. The highest BCUT2D eigenvalue weighted by Crippen LogP contribution is 2.39. The second-order valence-corrected chi connectivity index (χ2v) is 6.39. The Hall–Kier alpha value is -1.55. The first-order valence-electron chi connectivity index (χ1n) is 8.38. The van der Waals surface area contributed by atoms with E-state index in [4.69, 9.17) is 9.47 Å². The molecule has 1 amide bonds. The van der Waals surface area contributed by atoms with E-state index < -0.39 is 0 Å². The molecule has 0 unspecified atom stereocenters. The molecule has 2 fully saturated rings. The highest BCUT2D eigenvalue weighted by Gasteiger charge is 2.41. The number of nitrogens with one attached hydrogen (secondary N) is 1. The molecule has 1 aromatic carbocycles. The maximum atomic E-state index is 12.3. The van der Waals surface area contributed by atoms with Gasteiger partial charge in [-0.2, -0.15) is 0 Å². The van der Waals surface area contributed by atoms with Gasteiger partial charge in [-0.25, -0.2) is 0 Å². The van der Waals surface area contributed by atoms with Gasteiger partial charge in [-0.3, -0.25) is 4.79 Å². The average Bonchev–Trinajstić information content (AvgIpc) is 2.91. The van der Waals surface area contributed by atoms with E-state index in [1.165, 1.54) is 19.3 Å². The maximum absolute atomic E-state index is 12.3. The molecule has 4 nitrogen and oxygen atoms in total. The number of carbonyl (C=O) groups excluding carboxylic acids is 1. The SMILES string of the molecule is CCOc1ccc(C(=O)N[C@H]2COC3(CCCCC3)C2)cc1. The minimum atomic E-state index is -0.0236. The van der Waals surface area contributed by atoms with Crippen molar-refractivity contribution in [2.24, 2.45) is 0 Å². The summed E-state index contributed by atoms with van der Waals surface area (Å²) in [5.74, 6) is 0.772. The van der Waals surface area contributed by atoms with Gasteiger partial charge in [0.05, 0.1) is 24.9 Å². The summed E-state index contributed by atoms with van der Waals surface area (Å²) in [4.78, 5) is 12.3.